The Kier molecular flexibility index (Phi) is 11.4. The summed E-state index contributed by atoms with van der Waals surface area (Å²) in [6.07, 6.45) is -0.191. The third-order valence-corrected chi connectivity index (χ3v) is 7.38. The normalized spacial score (nSPS) is 15.1. The SMILES string of the molecule is CC(C)NC(=O)C(C)(C)OC(=O)N1CCc2cc(OCc3ccccc3)ccc2C1C(=O)NCCN(C(C)C)C(C)C. The van der Waals surface area contributed by atoms with Crippen molar-refractivity contribution in [2.75, 3.05) is 19.6 Å². The van der Waals surface area contributed by atoms with Crippen LogP contribution in [-0.4, -0.2) is 71.1 Å². The van der Waals surface area contributed by atoms with E-state index in [0.29, 0.717) is 44.0 Å². The molecule has 9 nitrogen and oxygen atoms in total. The minimum absolute atomic E-state index is 0.106. The molecule has 0 bridgehead atoms. The lowest BCUT2D eigenvalue weighted by Gasteiger charge is -2.38. The van der Waals surface area contributed by atoms with Crippen LogP contribution in [0.2, 0.25) is 0 Å². The number of amides is 3. The van der Waals surface area contributed by atoms with E-state index < -0.39 is 23.6 Å². The van der Waals surface area contributed by atoms with Crippen LogP contribution in [0.25, 0.3) is 0 Å². The van der Waals surface area contributed by atoms with Crippen LogP contribution in [0.3, 0.4) is 0 Å². The predicted molar refractivity (Wildman–Crippen MR) is 164 cm³/mol. The molecular formula is C33H48N4O5. The number of fused-ring (bicyclic) bond motifs is 1. The number of nitrogens with zero attached hydrogens (tertiary/aromatic N) is 2. The van der Waals surface area contributed by atoms with Crippen molar-refractivity contribution in [1.29, 1.82) is 0 Å². The minimum Gasteiger partial charge on any atom is -0.489 e. The van der Waals surface area contributed by atoms with E-state index in [4.69, 9.17) is 9.47 Å². The summed E-state index contributed by atoms with van der Waals surface area (Å²) < 4.78 is 11.7. The smallest absolute Gasteiger partial charge is 0.411 e. The number of benzene rings is 2. The van der Waals surface area contributed by atoms with Gasteiger partial charge in [0.25, 0.3) is 5.91 Å². The van der Waals surface area contributed by atoms with E-state index in [2.05, 4.69) is 43.2 Å². The molecule has 230 valence electrons. The summed E-state index contributed by atoms with van der Waals surface area (Å²) in [5, 5.41) is 5.85. The van der Waals surface area contributed by atoms with Crippen LogP contribution < -0.4 is 15.4 Å². The lowest BCUT2D eigenvalue weighted by atomic mass is 9.92. The molecule has 42 heavy (non-hydrogen) atoms. The van der Waals surface area contributed by atoms with Crippen molar-refractivity contribution in [3.05, 3.63) is 65.2 Å². The van der Waals surface area contributed by atoms with Gasteiger partial charge in [0.2, 0.25) is 5.91 Å². The van der Waals surface area contributed by atoms with Crippen molar-refractivity contribution in [1.82, 2.24) is 20.4 Å². The molecule has 2 N–H and O–H groups in total. The summed E-state index contributed by atoms with van der Waals surface area (Å²) in [7, 11) is 0. The van der Waals surface area contributed by atoms with Gasteiger partial charge in [-0.05, 0) is 90.6 Å². The molecule has 0 saturated heterocycles. The van der Waals surface area contributed by atoms with Crippen molar-refractivity contribution < 1.29 is 23.9 Å². The minimum atomic E-state index is -1.41. The van der Waals surface area contributed by atoms with Gasteiger partial charge in [0.15, 0.2) is 5.60 Å². The lowest BCUT2D eigenvalue weighted by Crippen LogP contribution is -2.53. The molecule has 9 heteroatoms. The highest BCUT2D eigenvalue weighted by Gasteiger charge is 2.41. The van der Waals surface area contributed by atoms with Crippen molar-refractivity contribution in [2.24, 2.45) is 0 Å². The fraction of sp³-hybridized carbons (Fsp3) is 0.545. The average molecular weight is 581 g/mol. The summed E-state index contributed by atoms with van der Waals surface area (Å²) in [5.74, 6) is 0.0125. The number of hydrogen-bond acceptors (Lipinski definition) is 6. The molecule has 1 unspecified atom stereocenters. The van der Waals surface area contributed by atoms with Crippen LogP contribution in [0.5, 0.6) is 5.75 Å². The van der Waals surface area contributed by atoms with E-state index in [1.54, 1.807) is 13.8 Å². The highest BCUT2D eigenvalue weighted by molar-refractivity contribution is 5.90. The molecule has 3 amide bonds. The summed E-state index contributed by atoms with van der Waals surface area (Å²) in [6, 6.07) is 15.2. The molecule has 1 heterocycles. The Bertz CT molecular complexity index is 1200. The van der Waals surface area contributed by atoms with E-state index in [9.17, 15) is 14.4 Å². The number of nitrogens with one attached hydrogen (secondary N) is 2. The summed E-state index contributed by atoms with van der Waals surface area (Å²) in [6.45, 7) is 17.1. The van der Waals surface area contributed by atoms with Crippen molar-refractivity contribution in [3.8, 4) is 5.75 Å². The molecule has 0 spiro atoms. The molecule has 2 aromatic carbocycles. The molecule has 0 aromatic heterocycles. The van der Waals surface area contributed by atoms with Gasteiger partial charge in [0.05, 0.1) is 0 Å². The second-order valence-electron chi connectivity index (χ2n) is 12.2. The molecule has 3 rings (SSSR count). The number of rotatable bonds is 12. The maximum absolute atomic E-state index is 13.7. The van der Waals surface area contributed by atoms with E-state index in [0.717, 1.165) is 16.7 Å². The number of carbonyl (C=O) groups is 3. The maximum Gasteiger partial charge on any atom is 0.411 e. The second-order valence-corrected chi connectivity index (χ2v) is 12.2. The second kappa shape index (κ2) is 14.5. The Morgan fingerprint density at radius 3 is 2.29 bits per heavy atom. The Labute approximate surface area is 250 Å². The van der Waals surface area contributed by atoms with Crippen molar-refractivity contribution >= 4 is 17.9 Å². The van der Waals surface area contributed by atoms with Gasteiger partial charge >= 0.3 is 6.09 Å². The van der Waals surface area contributed by atoms with Gasteiger partial charge in [-0.15, -0.1) is 0 Å². The van der Waals surface area contributed by atoms with Gasteiger partial charge < -0.3 is 20.1 Å². The van der Waals surface area contributed by atoms with E-state index >= 15 is 0 Å². The Hall–Kier alpha value is -3.59. The Morgan fingerprint density at radius 2 is 1.67 bits per heavy atom. The van der Waals surface area contributed by atoms with Crippen LogP contribution in [-0.2, 0) is 27.4 Å². The molecule has 0 fully saturated rings. The fourth-order valence-electron chi connectivity index (χ4n) is 5.19. The van der Waals surface area contributed by atoms with E-state index in [1.165, 1.54) is 4.90 Å². The predicted octanol–water partition coefficient (Wildman–Crippen LogP) is 4.84. The first-order chi connectivity index (χ1) is 19.8. The third kappa shape index (κ3) is 8.71. The van der Waals surface area contributed by atoms with Crippen molar-refractivity contribution in [2.45, 2.75) is 98.2 Å². The molecular weight excluding hydrogens is 532 g/mol. The summed E-state index contributed by atoms with van der Waals surface area (Å²) >= 11 is 0. The first-order valence-electron chi connectivity index (χ1n) is 14.9. The molecule has 1 aliphatic rings. The number of ether oxygens (including phenoxy) is 2. The third-order valence-electron chi connectivity index (χ3n) is 7.38. The van der Waals surface area contributed by atoms with Gasteiger partial charge in [-0.2, -0.15) is 0 Å². The van der Waals surface area contributed by atoms with Gasteiger partial charge in [0, 0.05) is 37.8 Å². The average Bonchev–Trinajstić information content (AvgIpc) is 2.92. The van der Waals surface area contributed by atoms with Crippen molar-refractivity contribution in [3.63, 3.8) is 0 Å². The zero-order valence-corrected chi connectivity index (χ0v) is 26.4. The quantitative estimate of drug-likeness (QED) is 0.373. The fourth-order valence-corrected chi connectivity index (χ4v) is 5.19. The highest BCUT2D eigenvalue weighted by Crippen LogP contribution is 2.34. The molecule has 1 atom stereocenters. The number of carbonyl (C=O) groups excluding carboxylic acids is 3. The topological polar surface area (TPSA) is 100 Å². The van der Waals surface area contributed by atoms with Crippen LogP contribution in [0.4, 0.5) is 4.79 Å². The van der Waals surface area contributed by atoms with Crippen LogP contribution in [0, 0.1) is 0 Å². The lowest BCUT2D eigenvalue weighted by molar-refractivity contribution is -0.139. The highest BCUT2D eigenvalue weighted by atomic mass is 16.6. The van der Waals surface area contributed by atoms with Gasteiger partial charge in [-0.25, -0.2) is 4.79 Å². The Morgan fingerprint density at radius 1 is 1.00 bits per heavy atom. The molecule has 0 saturated carbocycles. The zero-order valence-electron chi connectivity index (χ0n) is 26.4. The summed E-state index contributed by atoms with van der Waals surface area (Å²) in [5.41, 5.74) is 1.30. The van der Waals surface area contributed by atoms with Crippen LogP contribution in [0.1, 0.15) is 78.1 Å². The molecule has 1 aliphatic heterocycles. The summed E-state index contributed by atoms with van der Waals surface area (Å²) in [4.78, 5) is 43.7. The molecule has 0 aliphatic carbocycles. The monoisotopic (exact) mass is 580 g/mol. The maximum atomic E-state index is 13.7. The van der Waals surface area contributed by atoms with Gasteiger partial charge in [-0.3, -0.25) is 19.4 Å². The molecule has 0 radical (unpaired) electrons. The van der Waals surface area contributed by atoms with E-state index in [1.807, 2.05) is 62.4 Å². The number of hydrogen-bond donors (Lipinski definition) is 2. The molecule has 2 aromatic rings. The standard InChI is InChI=1S/C33H48N4O5/c1-22(2)35-31(39)33(7,8)42-32(40)37-18-16-26-20-27(41-21-25-12-10-9-11-13-25)14-15-28(26)29(37)30(38)34-17-19-36(23(3)4)24(5)6/h9-15,20,22-24,29H,16-19,21H2,1-8H3,(H,34,38)(H,35,39). The van der Waals surface area contributed by atoms with Crippen LogP contribution in [0.15, 0.2) is 48.5 Å². The zero-order chi connectivity index (χ0) is 31.0. The first kappa shape index (κ1) is 32.9. The van der Waals surface area contributed by atoms with E-state index in [-0.39, 0.29) is 18.5 Å². The first-order valence-corrected chi connectivity index (χ1v) is 14.9. The Balaban J connectivity index is 1.83. The van der Waals surface area contributed by atoms with Gasteiger partial charge in [-0.1, -0.05) is 36.4 Å². The largest absolute Gasteiger partial charge is 0.489 e. The van der Waals surface area contributed by atoms with Gasteiger partial charge in [0.1, 0.15) is 18.4 Å². The van der Waals surface area contributed by atoms with Crippen LogP contribution >= 0.6 is 0 Å².